The third-order valence-electron chi connectivity index (χ3n) is 5.01. The molecule has 3 aromatic rings. The zero-order valence-corrected chi connectivity index (χ0v) is 14.8. The number of nitrogens with zero attached hydrogens (tertiary/aromatic N) is 2. The van der Waals surface area contributed by atoms with Crippen molar-refractivity contribution in [2.24, 2.45) is 0 Å². The van der Waals surface area contributed by atoms with Crippen LogP contribution in [0.4, 0.5) is 4.39 Å². The molecule has 2 amide bonds. The van der Waals surface area contributed by atoms with Crippen LogP contribution in [0.15, 0.2) is 54.7 Å². The van der Waals surface area contributed by atoms with Crippen molar-refractivity contribution in [1.82, 2.24) is 14.8 Å². The van der Waals surface area contributed by atoms with Crippen molar-refractivity contribution in [3.63, 3.8) is 0 Å². The van der Waals surface area contributed by atoms with E-state index < -0.39 is 5.82 Å². The number of H-pyrrole nitrogens is 1. The topological polar surface area (TPSA) is 56.4 Å². The van der Waals surface area contributed by atoms with E-state index in [1.54, 1.807) is 15.9 Å². The van der Waals surface area contributed by atoms with E-state index in [9.17, 15) is 14.0 Å². The van der Waals surface area contributed by atoms with Crippen LogP contribution in [0.3, 0.4) is 0 Å². The van der Waals surface area contributed by atoms with Gasteiger partial charge in [-0.25, -0.2) is 4.39 Å². The lowest BCUT2D eigenvalue weighted by Gasteiger charge is -2.35. The third kappa shape index (κ3) is 3.56. The highest BCUT2D eigenvalue weighted by molar-refractivity contribution is 5.94. The van der Waals surface area contributed by atoms with Crippen molar-refractivity contribution < 1.29 is 14.0 Å². The van der Waals surface area contributed by atoms with Crippen molar-refractivity contribution >= 4 is 22.7 Å². The summed E-state index contributed by atoms with van der Waals surface area (Å²) < 4.78 is 13.3. The summed E-state index contributed by atoms with van der Waals surface area (Å²) in [5.74, 6) is -0.566. The van der Waals surface area contributed by atoms with E-state index in [0.29, 0.717) is 38.2 Å². The number of piperazine rings is 1. The Kier molecular flexibility index (Phi) is 4.62. The number of rotatable bonds is 3. The summed E-state index contributed by atoms with van der Waals surface area (Å²) in [4.78, 5) is 31.8. The van der Waals surface area contributed by atoms with E-state index >= 15 is 0 Å². The number of nitrogens with one attached hydrogen (secondary N) is 1. The van der Waals surface area contributed by atoms with Gasteiger partial charge in [0.2, 0.25) is 5.91 Å². The molecule has 2 aromatic carbocycles. The molecule has 2 heterocycles. The lowest BCUT2D eigenvalue weighted by molar-refractivity contribution is -0.131. The monoisotopic (exact) mass is 365 g/mol. The zero-order chi connectivity index (χ0) is 18.8. The van der Waals surface area contributed by atoms with Gasteiger partial charge in [0, 0.05) is 48.8 Å². The maximum atomic E-state index is 13.3. The number of amides is 2. The van der Waals surface area contributed by atoms with Gasteiger partial charge < -0.3 is 14.8 Å². The maximum Gasteiger partial charge on any atom is 0.254 e. The number of aromatic amines is 1. The van der Waals surface area contributed by atoms with Crippen molar-refractivity contribution in [2.75, 3.05) is 26.2 Å². The standard InChI is InChI=1S/C21H20FN3O2/c22-17-5-3-4-15(12-17)21(27)25-10-8-24(9-11-25)20(26)13-16-14-23-19-7-2-1-6-18(16)19/h1-7,12,14,23H,8-11,13H2. The van der Waals surface area contributed by atoms with Crippen LogP contribution in [0.5, 0.6) is 0 Å². The summed E-state index contributed by atoms with van der Waals surface area (Å²) in [6.07, 6.45) is 2.22. The second-order valence-electron chi connectivity index (χ2n) is 6.72. The Bertz CT molecular complexity index is 990. The Balaban J connectivity index is 1.37. The second kappa shape index (κ2) is 7.23. The molecule has 0 aliphatic carbocycles. The first kappa shape index (κ1) is 17.3. The van der Waals surface area contributed by atoms with Gasteiger partial charge in [0.1, 0.15) is 5.82 Å². The molecule has 4 rings (SSSR count). The van der Waals surface area contributed by atoms with Crippen LogP contribution in [0.2, 0.25) is 0 Å². The molecule has 5 nitrogen and oxygen atoms in total. The van der Waals surface area contributed by atoms with Gasteiger partial charge >= 0.3 is 0 Å². The first-order valence-corrected chi connectivity index (χ1v) is 8.99. The van der Waals surface area contributed by atoms with E-state index in [1.165, 1.54) is 18.2 Å². The van der Waals surface area contributed by atoms with Gasteiger partial charge in [-0.2, -0.15) is 0 Å². The van der Waals surface area contributed by atoms with E-state index in [2.05, 4.69) is 4.98 Å². The summed E-state index contributed by atoms with van der Waals surface area (Å²) in [5, 5.41) is 1.06. The number of carbonyl (C=O) groups excluding carboxylic acids is 2. The summed E-state index contributed by atoms with van der Waals surface area (Å²) >= 11 is 0. The predicted molar refractivity (Wildman–Crippen MR) is 101 cm³/mol. The van der Waals surface area contributed by atoms with Crippen molar-refractivity contribution in [3.8, 4) is 0 Å². The van der Waals surface area contributed by atoms with Crippen LogP contribution in [0, 0.1) is 5.82 Å². The van der Waals surface area contributed by atoms with Crippen molar-refractivity contribution in [3.05, 3.63) is 71.7 Å². The summed E-state index contributed by atoms with van der Waals surface area (Å²) in [5.41, 5.74) is 2.34. The van der Waals surface area contributed by atoms with Gasteiger partial charge in [-0.3, -0.25) is 9.59 Å². The normalized spacial score (nSPS) is 14.6. The molecule has 1 aliphatic rings. The maximum absolute atomic E-state index is 13.3. The third-order valence-corrected chi connectivity index (χ3v) is 5.01. The SMILES string of the molecule is O=C(Cc1c[nH]c2ccccc12)N1CCN(C(=O)c2cccc(F)c2)CC1. The molecule has 1 fully saturated rings. The van der Waals surface area contributed by atoms with Crippen LogP contribution in [-0.2, 0) is 11.2 Å². The number of hydrogen-bond donors (Lipinski definition) is 1. The molecule has 0 atom stereocenters. The number of para-hydroxylation sites is 1. The molecule has 1 saturated heterocycles. The average molecular weight is 365 g/mol. The molecule has 0 unspecified atom stereocenters. The van der Waals surface area contributed by atoms with E-state index in [1.807, 2.05) is 30.5 Å². The minimum Gasteiger partial charge on any atom is -0.361 e. The second-order valence-corrected chi connectivity index (χ2v) is 6.72. The van der Waals surface area contributed by atoms with Gasteiger partial charge in [-0.05, 0) is 29.8 Å². The number of aromatic nitrogens is 1. The predicted octanol–water partition coefficient (Wildman–Crippen LogP) is 2.83. The van der Waals surface area contributed by atoms with Gasteiger partial charge in [-0.1, -0.05) is 24.3 Å². The smallest absolute Gasteiger partial charge is 0.254 e. The lowest BCUT2D eigenvalue weighted by atomic mass is 10.1. The van der Waals surface area contributed by atoms with E-state index in [4.69, 9.17) is 0 Å². The number of hydrogen-bond acceptors (Lipinski definition) is 2. The molecule has 1 aromatic heterocycles. The molecular formula is C21H20FN3O2. The highest BCUT2D eigenvalue weighted by Crippen LogP contribution is 2.19. The Morgan fingerprint density at radius 2 is 1.70 bits per heavy atom. The van der Waals surface area contributed by atoms with Crippen LogP contribution in [-0.4, -0.2) is 52.8 Å². The quantitative estimate of drug-likeness (QED) is 0.776. The van der Waals surface area contributed by atoms with Gasteiger partial charge in [-0.15, -0.1) is 0 Å². The molecule has 138 valence electrons. The van der Waals surface area contributed by atoms with Crippen LogP contribution in [0.25, 0.3) is 10.9 Å². The first-order chi connectivity index (χ1) is 13.1. The van der Waals surface area contributed by atoms with Gasteiger partial charge in [0.25, 0.3) is 5.91 Å². The van der Waals surface area contributed by atoms with Crippen LogP contribution < -0.4 is 0 Å². The van der Waals surface area contributed by atoms with Crippen LogP contribution >= 0.6 is 0 Å². The zero-order valence-electron chi connectivity index (χ0n) is 14.8. The fraction of sp³-hybridized carbons (Fsp3) is 0.238. The van der Waals surface area contributed by atoms with Crippen molar-refractivity contribution in [2.45, 2.75) is 6.42 Å². The van der Waals surface area contributed by atoms with Crippen molar-refractivity contribution in [1.29, 1.82) is 0 Å². The summed E-state index contributed by atoms with van der Waals surface area (Å²) in [6.45, 7) is 1.88. The molecule has 0 saturated carbocycles. The molecule has 27 heavy (non-hydrogen) atoms. The molecule has 0 spiro atoms. The minimum atomic E-state index is -0.423. The highest BCUT2D eigenvalue weighted by atomic mass is 19.1. The Labute approximate surface area is 156 Å². The van der Waals surface area contributed by atoms with E-state index in [0.717, 1.165) is 16.5 Å². The fourth-order valence-corrected chi connectivity index (χ4v) is 3.52. The highest BCUT2D eigenvalue weighted by Gasteiger charge is 2.25. The molecule has 1 N–H and O–H groups in total. The molecular weight excluding hydrogens is 345 g/mol. The molecule has 0 bridgehead atoms. The molecule has 0 radical (unpaired) electrons. The molecule has 1 aliphatic heterocycles. The first-order valence-electron chi connectivity index (χ1n) is 8.99. The summed E-state index contributed by atoms with van der Waals surface area (Å²) in [6, 6.07) is 13.6. The van der Waals surface area contributed by atoms with Gasteiger partial charge in [0.05, 0.1) is 6.42 Å². The number of benzene rings is 2. The lowest BCUT2D eigenvalue weighted by Crippen LogP contribution is -2.51. The number of fused-ring (bicyclic) bond motifs is 1. The van der Waals surface area contributed by atoms with Crippen LogP contribution in [0.1, 0.15) is 15.9 Å². The largest absolute Gasteiger partial charge is 0.361 e. The van der Waals surface area contributed by atoms with E-state index in [-0.39, 0.29) is 11.8 Å². The Hall–Kier alpha value is -3.15. The fourth-order valence-electron chi connectivity index (χ4n) is 3.52. The Morgan fingerprint density at radius 1 is 0.963 bits per heavy atom. The number of halogens is 1. The van der Waals surface area contributed by atoms with Gasteiger partial charge in [0.15, 0.2) is 0 Å². The summed E-state index contributed by atoms with van der Waals surface area (Å²) in [7, 11) is 0. The average Bonchev–Trinajstić information content (AvgIpc) is 3.10. The Morgan fingerprint density at radius 3 is 2.48 bits per heavy atom. The minimum absolute atomic E-state index is 0.0533. The molecule has 6 heteroatoms. The number of carbonyl (C=O) groups is 2.